The maximum atomic E-state index is 10.5. The van der Waals surface area contributed by atoms with E-state index in [1.807, 2.05) is 6.08 Å². The molecule has 0 saturated carbocycles. The van der Waals surface area contributed by atoms with Crippen LogP contribution >= 0.6 is 0 Å². The molecule has 3 heteroatoms. The van der Waals surface area contributed by atoms with E-state index in [1.54, 1.807) is 6.08 Å². The molecular formula is C32H40O2Si. The van der Waals surface area contributed by atoms with Crippen LogP contribution in [-0.2, 0) is 22.1 Å². The van der Waals surface area contributed by atoms with Gasteiger partial charge in [0.15, 0.2) is 0 Å². The largest absolute Gasteiger partial charge is 0.407 e. The first-order valence-corrected chi connectivity index (χ1v) is 14.8. The van der Waals surface area contributed by atoms with E-state index in [1.165, 1.54) is 21.5 Å². The number of carbonyl (C=O) groups is 1. The molecule has 0 N–H and O–H groups in total. The van der Waals surface area contributed by atoms with Crippen LogP contribution in [0.2, 0.25) is 5.04 Å². The summed E-state index contributed by atoms with van der Waals surface area (Å²) in [6, 6.07) is 30.5. The standard InChI is InChI=1S/C32H40O2Si/c1-32(2,3)35(30-22-10-4-11-23-30,31-24-12-5-13-25-31)34-27-17-7-9-19-29-21-15-14-20-28(29)18-8-6-16-26-33/h4-6,10-16,20-26H,7-9,17-19,27H2,1-3H3/b16-6+. The van der Waals surface area contributed by atoms with E-state index >= 15 is 0 Å². The van der Waals surface area contributed by atoms with Gasteiger partial charge in [0, 0.05) is 6.61 Å². The molecular weight excluding hydrogens is 444 g/mol. The number of carbonyl (C=O) groups excluding carboxylic acids is 1. The molecule has 3 aromatic carbocycles. The van der Waals surface area contributed by atoms with E-state index in [0.29, 0.717) is 0 Å². The maximum absolute atomic E-state index is 10.5. The van der Waals surface area contributed by atoms with Gasteiger partial charge in [-0.1, -0.05) is 118 Å². The van der Waals surface area contributed by atoms with Gasteiger partial charge in [-0.05, 0) is 64.7 Å². The van der Waals surface area contributed by atoms with Crippen LogP contribution in [-0.4, -0.2) is 21.2 Å². The second-order valence-electron chi connectivity index (χ2n) is 10.2. The molecule has 0 spiro atoms. The summed E-state index contributed by atoms with van der Waals surface area (Å²) in [4.78, 5) is 10.5. The third-order valence-corrected chi connectivity index (χ3v) is 11.8. The van der Waals surface area contributed by atoms with Gasteiger partial charge in [0.2, 0.25) is 0 Å². The van der Waals surface area contributed by atoms with E-state index < -0.39 is 8.32 Å². The van der Waals surface area contributed by atoms with Crippen molar-refractivity contribution in [2.24, 2.45) is 0 Å². The second kappa shape index (κ2) is 13.4. The Balaban J connectivity index is 1.63. The summed E-state index contributed by atoms with van der Waals surface area (Å²) in [6.07, 6.45) is 10.7. The fraction of sp³-hybridized carbons (Fsp3) is 0.344. The molecule has 0 unspecified atom stereocenters. The zero-order valence-electron chi connectivity index (χ0n) is 21.6. The van der Waals surface area contributed by atoms with Gasteiger partial charge in [-0.25, -0.2) is 0 Å². The van der Waals surface area contributed by atoms with Crippen molar-refractivity contribution in [3.63, 3.8) is 0 Å². The monoisotopic (exact) mass is 484 g/mol. The number of unbranched alkanes of at least 4 members (excludes halogenated alkanes) is 2. The third kappa shape index (κ3) is 7.13. The molecule has 0 saturated heterocycles. The van der Waals surface area contributed by atoms with Gasteiger partial charge < -0.3 is 4.43 Å². The predicted molar refractivity (Wildman–Crippen MR) is 151 cm³/mol. The van der Waals surface area contributed by atoms with Gasteiger partial charge >= 0.3 is 0 Å². The summed E-state index contributed by atoms with van der Waals surface area (Å²) in [5, 5.41) is 2.71. The molecule has 184 valence electrons. The van der Waals surface area contributed by atoms with Gasteiger partial charge in [0.25, 0.3) is 8.32 Å². The van der Waals surface area contributed by atoms with Crippen LogP contribution in [0.5, 0.6) is 0 Å². The highest BCUT2D eigenvalue weighted by Crippen LogP contribution is 2.36. The lowest BCUT2D eigenvalue weighted by Crippen LogP contribution is -2.66. The molecule has 0 amide bonds. The van der Waals surface area contributed by atoms with E-state index in [2.05, 4.69) is 106 Å². The van der Waals surface area contributed by atoms with Crippen molar-refractivity contribution in [2.45, 2.75) is 64.3 Å². The molecule has 3 aromatic rings. The highest BCUT2D eigenvalue weighted by Gasteiger charge is 2.49. The lowest BCUT2D eigenvalue weighted by Gasteiger charge is -2.43. The zero-order chi connectivity index (χ0) is 25.0. The number of aryl methyl sites for hydroxylation is 2. The first-order chi connectivity index (χ1) is 17.0. The summed E-state index contributed by atoms with van der Waals surface area (Å²) in [7, 11) is -2.44. The Morgan fingerprint density at radius 1 is 0.714 bits per heavy atom. The van der Waals surface area contributed by atoms with Crippen LogP contribution in [0.1, 0.15) is 57.6 Å². The Morgan fingerprint density at radius 3 is 1.80 bits per heavy atom. The second-order valence-corrected chi connectivity index (χ2v) is 14.5. The Kier molecular flexibility index (Phi) is 10.3. The average molecular weight is 485 g/mol. The SMILES string of the molecule is CC(C)(C)[Si](OCCCCCc1ccccc1CC/C=C/C=O)(c1ccccc1)c1ccccc1. The van der Waals surface area contributed by atoms with Crippen LogP contribution in [0.4, 0.5) is 0 Å². The number of allylic oxidation sites excluding steroid dienone is 2. The molecule has 0 aliphatic heterocycles. The number of hydrogen-bond acceptors (Lipinski definition) is 2. The Morgan fingerprint density at radius 2 is 1.26 bits per heavy atom. The minimum absolute atomic E-state index is 0.0208. The van der Waals surface area contributed by atoms with Crippen molar-refractivity contribution in [3.8, 4) is 0 Å². The van der Waals surface area contributed by atoms with Crippen LogP contribution in [0.3, 0.4) is 0 Å². The summed E-state index contributed by atoms with van der Waals surface area (Å²) >= 11 is 0. The fourth-order valence-electron chi connectivity index (χ4n) is 5.02. The summed E-state index contributed by atoms with van der Waals surface area (Å²) in [6.45, 7) is 7.78. The van der Waals surface area contributed by atoms with Crippen molar-refractivity contribution in [1.82, 2.24) is 0 Å². The molecule has 0 heterocycles. The van der Waals surface area contributed by atoms with Crippen LogP contribution in [0, 0.1) is 0 Å². The molecule has 35 heavy (non-hydrogen) atoms. The molecule has 3 rings (SSSR count). The van der Waals surface area contributed by atoms with Crippen molar-refractivity contribution >= 4 is 25.0 Å². The molecule has 0 fully saturated rings. The molecule has 0 atom stereocenters. The molecule has 0 bridgehead atoms. The van der Waals surface area contributed by atoms with Crippen LogP contribution in [0.25, 0.3) is 0 Å². The molecule has 2 nitrogen and oxygen atoms in total. The number of aldehydes is 1. The van der Waals surface area contributed by atoms with Crippen molar-refractivity contribution < 1.29 is 9.22 Å². The topological polar surface area (TPSA) is 26.3 Å². The zero-order valence-corrected chi connectivity index (χ0v) is 22.6. The molecule has 0 radical (unpaired) electrons. The molecule has 0 aliphatic carbocycles. The quantitative estimate of drug-likeness (QED) is 0.117. The number of rotatable bonds is 13. The van der Waals surface area contributed by atoms with Crippen LogP contribution < -0.4 is 10.4 Å². The van der Waals surface area contributed by atoms with Crippen LogP contribution in [0.15, 0.2) is 97.1 Å². The van der Waals surface area contributed by atoms with E-state index in [0.717, 1.165) is 51.4 Å². The lowest BCUT2D eigenvalue weighted by molar-refractivity contribution is -0.104. The summed E-state index contributed by atoms with van der Waals surface area (Å²) in [5.41, 5.74) is 2.83. The normalized spacial score (nSPS) is 12.2. The van der Waals surface area contributed by atoms with Crippen molar-refractivity contribution in [2.75, 3.05) is 6.61 Å². The summed E-state index contributed by atoms with van der Waals surface area (Å²) in [5.74, 6) is 0. The maximum Gasteiger partial charge on any atom is 0.261 e. The van der Waals surface area contributed by atoms with Gasteiger partial charge in [0.05, 0.1) is 0 Å². The van der Waals surface area contributed by atoms with E-state index in [-0.39, 0.29) is 5.04 Å². The fourth-order valence-corrected chi connectivity index (χ4v) is 9.62. The first-order valence-electron chi connectivity index (χ1n) is 12.9. The van der Waals surface area contributed by atoms with E-state index in [9.17, 15) is 4.79 Å². The molecule has 0 aliphatic rings. The van der Waals surface area contributed by atoms with Gasteiger partial charge in [-0.3, -0.25) is 4.79 Å². The highest BCUT2D eigenvalue weighted by molar-refractivity contribution is 6.99. The van der Waals surface area contributed by atoms with Crippen molar-refractivity contribution in [3.05, 3.63) is 108 Å². The minimum atomic E-state index is -2.44. The molecule has 0 aromatic heterocycles. The van der Waals surface area contributed by atoms with Crippen molar-refractivity contribution in [1.29, 1.82) is 0 Å². The summed E-state index contributed by atoms with van der Waals surface area (Å²) < 4.78 is 7.02. The number of hydrogen-bond donors (Lipinski definition) is 0. The van der Waals surface area contributed by atoms with E-state index in [4.69, 9.17) is 4.43 Å². The first kappa shape index (κ1) is 26.8. The van der Waals surface area contributed by atoms with Gasteiger partial charge in [0.1, 0.15) is 6.29 Å². The predicted octanol–water partition coefficient (Wildman–Crippen LogP) is 6.66. The highest BCUT2D eigenvalue weighted by atomic mass is 28.4. The smallest absolute Gasteiger partial charge is 0.261 e. The average Bonchev–Trinajstić information content (AvgIpc) is 2.87. The minimum Gasteiger partial charge on any atom is -0.407 e. The lowest BCUT2D eigenvalue weighted by atomic mass is 9.98. The van der Waals surface area contributed by atoms with Gasteiger partial charge in [-0.2, -0.15) is 0 Å². The Hall–Kier alpha value is -2.75. The van der Waals surface area contributed by atoms with Gasteiger partial charge in [-0.15, -0.1) is 0 Å². The number of benzene rings is 3. The third-order valence-electron chi connectivity index (χ3n) is 6.74. The Bertz CT molecular complexity index is 1010. The Labute approximate surface area is 213 Å².